The van der Waals surface area contributed by atoms with Crippen LogP contribution in [0.2, 0.25) is 0 Å². The molecule has 6 nitrogen and oxygen atoms in total. The molecule has 0 amide bonds. The van der Waals surface area contributed by atoms with Crippen LogP contribution in [0.3, 0.4) is 0 Å². The molecule has 1 aliphatic carbocycles. The molecule has 2 N–H and O–H groups in total. The van der Waals surface area contributed by atoms with Gasteiger partial charge in [0.15, 0.2) is 5.96 Å². The largest absolute Gasteiger partial charge is 0.490 e. The fourth-order valence-electron chi connectivity index (χ4n) is 3.23. The van der Waals surface area contributed by atoms with Gasteiger partial charge in [-0.1, -0.05) is 0 Å². The Morgan fingerprint density at radius 3 is 3.04 bits per heavy atom. The first-order valence-corrected chi connectivity index (χ1v) is 8.52. The van der Waals surface area contributed by atoms with Crippen molar-refractivity contribution in [3.05, 3.63) is 24.5 Å². The molecule has 3 rings (SSSR count). The Bertz CT molecular complexity index is 517. The Kier molecular flexibility index (Phi) is 5.33. The Morgan fingerprint density at radius 1 is 1.48 bits per heavy atom. The van der Waals surface area contributed by atoms with E-state index in [1.807, 2.05) is 19.2 Å². The number of hydrogen-bond acceptors (Lipinski definition) is 4. The van der Waals surface area contributed by atoms with E-state index in [-0.39, 0.29) is 0 Å². The molecule has 2 atom stereocenters. The van der Waals surface area contributed by atoms with Gasteiger partial charge in [-0.05, 0) is 38.3 Å². The highest BCUT2D eigenvalue weighted by Gasteiger charge is 2.38. The Hall–Kier alpha value is -1.82. The molecule has 6 heteroatoms. The van der Waals surface area contributed by atoms with Crippen molar-refractivity contribution >= 4 is 5.96 Å². The molecule has 0 radical (unpaired) electrons. The fourth-order valence-corrected chi connectivity index (χ4v) is 3.23. The second-order valence-electron chi connectivity index (χ2n) is 6.39. The minimum Gasteiger partial charge on any atom is -0.490 e. The van der Waals surface area contributed by atoms with Crippen molar-refractivity contribution in [3.8, 4) is 5.75 Å². The van der Waals surface area contributed by atoms with Gasteiger partial charge in [0.05, 0.1) is 12.7 Å². The summed E-state index contributed by atoms with van der Waals surface area (Å²) in [4.78, 5) is 11.0. The fraction of sp³-hybridized carbons (Fsp3) is 0.647. The molecule has 0 spiro atoms. The summed E-state index contributed by atoms with van der Waals surface area (Å²) in [6.07, 6.45) is 7.39. The monoisotopic (exact) mass is 317 g/mol. The van der Waals surface area contributed by atoms with Gasteiger partial charge in [-0.15, -0.1) is 0 Å². The molecule has 23 heavy (non-hydrogen) atoms. The topological polar surface area (TPSA) is 61.8 Å². The summed E-state index contributed by atoms with van der Waals surface area (Å²) in [5.74, 6) is 1.65. The van der Waals surface area contributed by atoms with Crippen molar-refractivity contribution < 1.29 is 4.74 Å². The minimum atomic E-state index is 0.482. The molecule has 2 heterocycles. The zero-order valence-electron chi connectivity index (χ0n) is 14.0. The van der Waals surface area contributed by atoms with Gasteiger partial charge in [-0.25, -0.2) is 0 Å². The van der Waals surface area contributed by atoms with Crippen LogP contribution < -0.4 is 15.4 Å². The highest BCUT2D eigenvalue weighted by molar-refractivity contribution is 5.80. The first-order chi connectivity index (χ1) is 11.3. The van der Waals surface area contributed by atoms with Crippen LogP contribution in [-0.4, -0.2) is 60.7 Å². The van der Waals surface area contributed by atoms with Crippen LogP contribution in [0.5, 0.6) is 5.75 Å². The van der Waals surface area contributed by atoms with Crippen molar-refractivity contribution in [2.45, 2.75) is 44.3 Å². The molecular weight excluding hydrogens is 290 g/mol. The number of aliphatic imine (C=N–C) groups is 1. The molecule has 1 saturated carbocycles. The number of ether oxygens (including phenoxy) is 1. The van der Waals surface area contributed by atoms with Gasteiger partial charge in [-0.3, -0.25) is 14.9 Å². The number of aromatic nitrogens is 1. The molecule has 0 aromatic carbocycles. The number of rotatable bonds is 6. The maximum atomic E-state index is 5.63. The lowest BCUT2D eigenvalue weighted by Crippen LogP contribution is -2.45. The number of nitrogens with one attached hydrogen (secondary N) is 2. The molecule has 1 aromatic heterocycles. The summed E-state index contributed by atoms with van der Waals surface area (Å²) < 4.78 is 5.63. The predicted octanol–water partition coefficient (Wildman–Crippen LogP) is 1.25. The predicted molar refractivity (Wildman–Crippen MR) is 91.8 cm³/mol. The van der Waals surface area contributed by atoms with Crippen molar-refractivity contribution in [2.24, 2.45) is 4.99 Å². The van der Waals surface area contributed by atoms with E-state index in [9.17, 15) is 0 Å². The molecule has 0 bridgehead atoms. The van der Waals surface area contributed by atoms with Crippen molar-refractivity contribution in [2.75, 3.05) is 26.7 Å². The zero-order chi connectivity index (χ0) is 16.1. The van der Waals surface area contributed by atoms with Crippen LogP contribution in [-0.2, 0) is 0 Å². The molecule has 126 valence electrons. The molecular formula is C17H27N5O. The molecule has 2 unspecified atom stereocenters. The average molecular weight is 317 g/mol. The van der Waals surface area contributed by atoms with Crippen molar-refractivity contribution in [1.82, 2.24) is 20.5 Å². The maximum Gasteiger partial charge on any atom is 0.191 e. The third-order valence-corrected chi connectivity index (χ3v) is 4.50. The standard InChI is InChI=1S/C17H27N5O/c1-13-10-14(12-22(13)15-5-6-15)21-17(18-2)20-8-9-23-16-4-3-7-19-11-16/h3-4,7,11,13-15H,5-6,8-10,12H2,1-2H3,(H2,18,20,21). The number of guanidine groups is 1. The Labute approximate surface area is 138 Å². The third-order valence-electron chi connectivity index (χ3n) is 4.50. The van der Waals surface area contributed by atoms with E-state index >= 15 is 0 Å². The smallest absolute Gasteiger partial charge is 0.191 e. The number of pyridine rings is 1. The normalized spacial score (nSPS) is 25.4. The highest BCUT2D eigenvalue weighted by Crippen LogP contribution is 2.33. The first kappa shape index (κ1) is 16.1. The van der Waals surface area contributed by atoms with E-state index in [1.165, 1.54) is 19.3 Å². The second kappa shape index (κ2) is 7.64. The van der Waals surface area contributed by atoms with E-state index in [0.29, 0.717) is 25.2 Å². The van der Waals surface area contributed by atoms with Crippen molar-refractivity contribution in [1.29, 1.82) is 0 Å². The van der Waals surface area contributed by atoms with Gasteiger partial charge in [0, 0.05) is 37.9 Å². The van der Waals surface area contributed by atoms with Gasteiger partial charge in [-0.2, -0.15) is 0 Å². The molecule has 1 saturated heterocycles. The van der Waals surface area contributed by atoms with Crippen LogP contribution in [0.25, 0.3) is 0 Å². The molecule has 1 aliphatic heterocycles. The average Bonchev–Trinajstić information content (AvgIpc) is 3.35. The number of nitrogens with zero attached hydrogens (tertiary/aromatic N) is 3. The third kappa shape index (κ3) is 4.58. The first-order valence-electron chi connectivity index (χ1n) is 8.52. The van der Waals surface area contributed by atoms with Crippen LogP contribution in [0.15, 0.2) is 29.5 Å². The van der Waals surface area contributed by atoms with E-state index < -0.39 is 0 Å². The lowest BCUT2D eigenvalue weighted by molar-refractivity contribution is 0.256. The maximum absolute atomic E-state index is 5.63. The SMILES string of the molecule is CN=C(NCCOc1cccnc1)NC1CC(C)N(C2CC2)C1. The molecule has 2 fully saturated rings. The van der Waals surface area contributed by atoms with Gasteiger partial charge >= 0.3 is 0 Å². The summed E-state index contributed by atoms with van der Waals surface area (Å²) in [5, 5.41) is 6.85. The lowest BCUT2D eigenvalue weighted by Gasteiger charge is -2.20. The Morgan fingerprint density at radius 2 is 2.35 bits per heavy atom. The van der Waals surface area contributed by atoms with Gasteiger partial charge in [0.1, 0.15) is 12.4 Å². The van der Waals surface area contributed by atoms with Gasteiger partial charge in [0.2, 0.25) is 0 Å². The number of likely N-dealkylation sites (tertiary alicyclic amines) is 1. The minimum absolute atomic E-state index is 0.482. The van der Waals surface area contributed by atoms with Crippen LogP contribution in [0.4, 0.5) is 0 Å². The van der Waals surface area contributed by atoms with E-state index in [0.717, 1.165) is 24.3 Å². The molecule has 1 aromatic rings. The van der Waals surface area contributed by atoms with Gasteiger partial charge < -0.3 is 15.4 Å². The summed E-state index contributed by atoms with van der Waals surface area (Å²) in [7, 11) is 1.81. The second-order valence-corrected chi connectivity index (χ2v) is 6.39. The van der Waals surface area contributed by atoms with Crippen LogP contribution in [0.1, 0.15) is 26.2 Å². The van der Waals surface area contributed by atoms with Crippen molar-refractivity contribution in [3.63, 3.8) is 0 Å². The van der Waals surface area contributed by atoms with Crippen LogP contribution in [0, 0.1) is 0 Å². The zero-order valence-corrected chi connectivity index (χ0v) is 14.0. The van der Waals surface area contributed by atoms with E-state index in [1.54, 1.807) is 12.4 Å². The van der Waals surface area contributed by atoms with Crippen LogP contribution >= 0.6 is 0 Å². The quantitative estimate of drug-likeness (QED) is 0.470. The summed E-state index contributed by atoms with van der Waals surface area (Å²) in [6.45, 7) is 4.75. The Balaban J connectivity index is 1.37. The number of hydrogen-bond donors (Lipinski definition) is 2. The summed E-state index contributed by atoms with van der Waals surface area (Å²) in [6, 6.07) is 5.77. The van der Waals surface area contributed by atoms with Gasteiger partial charge in [0.25, 0.3) is 0 Å². The lowest BCUT2D eigenvalue weighted by atomic mass is 10.2. The van der Waals surface area contributed by atoms with E-state index in [2.05, 4.69) is 32.4 Å². The summed E-state index contributed by atoms with van der Waals surface area (Å²) >= 11 is 0. The van der Waals surface area contributed by atoms with E-state index in [4.69, 9.17) is 4.74 Å². The summed E-state index contributed by atoms with van der Waals surface area (Å²) in [5.41, 5.74) is 0. The highest BCUT2D eigenvalue weighted by atomic mass is 16.5. The molecule has 2 aliphatic rings.